The van der Waals surface area contributed by atoms with Gasteiger partial charge in [-0.15, -0.1) is 0 Å². The van der Waals surface area contributed by atoms with Crippen molar-refractivity contribution in [2.24, 2.45) is 0 Å². The van der Waals surface area contributed by atoms with Gasteiger partial charge in [0.1, 0.15) is 12.3 Å². The van der Waals surface area contributed by atoms with E-state index in [1.54, 1.807) is 121 Å². The van der Waals surface area contributed by atoms with Crippen LogP contribution >= 0.6 is 0 Å². The van der Waals surface area contributed by atoms with E-state index < -0.39 is 12.3 Å². The zero-order chi connectivity index (χ0) is 30.7. The third kappa shape index (κ3) is 7.63. The van der Waals surface area contributed by atoms with Crippen LogP contribution < -0.4 is 21.3 Å². The van der Waals surface area contributed by atoms with Crippen molar-refractivity contribution >= 4 is 23.6 Å². The second-order valence-corrected chi connectivity index (χ2v) is 9.89. The highest BCUT2D eigenvalue weighted by Gasteiger charge is 2.22. The predicted molar refractivity (Wildman–Crippen MR) is 168 cm³/mol. The molecule has 0 aliphatic carbocycles. The summed E-state index contributed by atoms with van der Waals surface area (Å²) in [5.74, 6) is -1.46. The quantitative estimate of drug-likeness (QED) is 0.165. The maximum absolute atomic E-state index is 13.1. The number of hydrogen-bond donors (Lipinski definition) is 4. The Kier molecular flexibility index (Phi) is 9.54. The van der Waals surface area contributed by atoms with Gasteiger partial charge in [-0.1, -0.05) is 97.1 Å². The number of carbonyl (C=O) groups excluding carboxylic acids is 4. The van der Waals surface area contributed by atoms with Gasteiger partial charge in [-0.2, -0.15) is 0 Å². The molecule has 0 unspecified atom stereocenters. The molecule has 0 atom stereocenters. The van der Waals surface area contributed by atoms with Crippen molar-refractivity contribution in [1.29, 1.82) is 0 Å². The molecule has 4 N–H and O–H groups in total. The first-order chi connectivity index (χ1) is 21.5. The summed E-state index contributed by atoms with van der Waals surface area (Å²) in [5.41, 5.74) is 2.94. The third-order valence-electron chi connectivity index (χ3n) is 6.85. The fourth-order valence-electron chi connectivity index (χ4n) is 4.50. The van der Waals surface area contributed by atoms with Gasteiger partial charge in [0.15, 0.2) is 0 Å². The second-order valence-electron chi connectivity index (χ2n) is 9.89. The Morgan fingerprint density at radius 3 is 0.727 bits per heavy atom. The fourth-order valence-corrected chi connectivity index (χ4v) is 4.50. The average Bonchev–Trinajstić information content (AvgIpc) is 3.09. The Bertz CT molecular complexity index is 1480. The predicted octanol–water partition coefficient (Wildman–Crippen LogP) is 5.40. The van der Waals surface area contributed by atoms with Crippen molar-refractivity contribution in [3.63, 3.8) is 0 Å². The highest BCUT2D eigenvalue weighted by molar-refractivity contribution is 5.97. The minimum atomic E-state index is -0.874. The molecule has 0 saturated heterocycles. The lowest BCUT2D eigenvalue weighted by Gasteiger charge is -2.24. The zero-order valence-corrected chi connectivity index (χ0v) is 23.6. The first-order valence-corrected chi connectivity index (χ1v) is 14.0. The van der Waals surface area contributed by atoms with Crippen LogP contribution in [0.1, 0.15) is 64.9 Å². The molecule has 8 heteroatoms. The molecule has 4 amide bonds. The summed E-state index contributed by atoms with van der Waals surface area (Å²) < 4.78 is 0. The number of carbonyl (C=O) groups is 4. The maximum atomic E-state index is 13.1. The number of benzene rings is 5. The molecule has 44 heavy (non-hydrogen) atoms. The van der Waals surface area contributed by atoms with E-state index in [9.17, 15) is 19.2 Å². The number of nitrogens with one attached hydrogen (secondary N) is 4. The summed E-state index contributed by atoms with van der Waals surface area (Å²) >= 11 is 0. The average molecular weight is 583 g/mol. The van der Waals surface area contributed by atoms with Gasteiger partial charge < -0.3 is 21.3 Å². The summed E-state index contributed by atoms with van der Waals surface area (Å²) in [5, 5.41) is 11.6. The monoisotopic (exact) mass is 582 g/mol. The van der Waals surface area contributed by atoms with Gasteiger partial charge in [-0.05, 0) is 59.7 Å². The Labute approximate surface area is 255 Å². The standard InChI is InChI=1S/C36H30N4O4/c41-33(27-13-5-1-6-14-27)37-31(38-34(42)28-15-7-2-8-16-28)25-21-23-26(24-22-25)32(39-35(43)29-17-9-3-10-18-29)40-36(44)30-19-11-4-12-20-30/h1-24,31-32H,(H,37,41)(H,38,42)(H,39,43)(H,40,44). The molecule has 0 bridgehead atoms. The van der Waals surface area contributed by atoms with Gasteiger partial charge in [-0.25, -0.2) is 0 Å². The van der Waals surface area contributed by atoms with E-state index >= 15 is 0 Å². The molecule has 5 rings (SSSR count). The molecule has 0 aromatic heterocycles. The molecule has 0 fully saturated rings. The van der Waals surface area contributed by atoms with Crippen LogP contribution in [0.15, 0.2) is 146 Å². The lowest BCUT2D eigenvalue weighted by Crippen LogP contribution is -2.42. The minimum absolute atomic E-state index is 0.365. The van der Waals surface area contributed by atoms with E-state index in [-0.39, 0.29) is 23.6 Å². The van der Waals surface area contributed by atoms with Crippen LogP contribution in [-0.2, 0) is 0 Å². The first kappa shape index (κ1) is 29.5. The van der Waals surface area contributed by atoms with E-state index in [4.69, 9.17) is 0 Å². The molecular formula is C36H30N4O4. The lowest BCUT2D eigenvalue weighted by molar-refractivity contribution is 0.0865. The minimum Gasteiger partial charge on any atom is -0.328 e. The van der Waals surface area contributed by atoms with Crippen molar-refractivity contribution in [2.45, 2.75) is 12.3 Å². The van der Waals surface area contributed by atoms with Gasteiger partial charge in [0.2, 0.25) is 0 Å². The van der Waals surface area contributed by atoms with E-state index in [0.717, 1.165) is 0 Å². The van der Waals surface area contributed by atoms with Gasteiger partial charge in [0.25, 0.3) is 23.6 Å². The van der Waals surface area contributed by atoms with Gasteiger partial charge >= 0.3 is 0 Å². The topological polar surface area (TPSA) is 116 Å². The Balaban J connectivity index is 1.41. The summed E-state index contributed by atoms with van der Waals surface area (Å²) in [6.45, 7) is 0. The molecule has 0 heterocycles. The van der Waals surface area contributed by atoms with E-state index in [1.807, 2.05) is 24.3 Å². The summed E-state index contributed by atoms with van der Waals surface area (Å²) in [6.07, 6.45) is -1.75. The van der Waals surface area contributed by atoms with Crippen molar-refractivity contribution in [3.8, 4) is 0 Å². The second kappa shape index (κ2) is 14.2. The largest absolute Gasteiger partial charge is 0.328 e. The van der Waals surface area contributed by atoms with Crippen LogP contribution in [0.5, 0.6) is 0 Å². The highest BCUT2D eigenvalue weighted by atomic mass is 16.2. The summed E-state index contributed by atoms with van der Waals surface area (Å²) in [6, 6.07) is 41.7. The molecule has 8 nitrogen and oxygen atoms in total. The van der Waals surface area contributed by atoms with Gasteiger partial charge in [-0.3, -0.25) is 19.2 Å². The summed E-state index contributed by atoms with van der Waals surface area (Å²) in [4.78, 5) is 52.3. The number of hydrogen-bond acceptors (Lipinski definition) is 4. The third-order valence-corrected chi connectivity index (χ3v) is 6.85. The fraction of sp³-hybridized carbons (Fsp3) is 0.0556. The van der Waals surface area contributed by atoms with Crippen molar-refractivity contribution in [2.75, 3.05) is 0 Å². The van der Waals surface area contributed by atoms with Crippen LogP contribution in [0.3, 0.4) is 0 Å². The Morgan fingerprint density at radius 1 is 0.318 bits per heavy atom. The molecule has 0 radical (unpaired) electrons. The molecule has 5 aromatic carbocycles. The van der Waals surface area contributed by atoms with Crippen molar-refractivity contribution < 1.29 is 19.2 Å². The molecule has 0 spiro atoms. The molecular weight excluding hydrogens is 552 g/mol. The zero-order valence-electron chi connectivity index (χ0n) is 23.6. The normalized spacial score (nSPS) is 10.6. The Morgan fingerprint density at radius 2 is 0.523 bits per heavy atom. The van der Waals surface area contributed by atoms with Crippen LogP contribution in [0.2, 0.25) is 0 Å². The maximum Gasteiger partial charge on any atom is 0.253 e. The van der Waals surface area contributed by atoms with Crippen LogP contribution in [-0.4, -0.2) is 23.6 Å². The van der Waals surface area contributed by atoms with Crippen LogP contribution in [0.4, 0.5) is 0 Å². The highest BCUT2D eigenvalue weighted by Crippen LogP contribution is 2.19. The van der Waals surface area contributed by atoms with E-state index in [2.05, 4.69) is 21.3 Å². The summed E-state index contributed by atoms with van der Waals surface area (Å²) in [7, 11) is 0. The molecule has 0 aliphatic heterocycles. The lowest BCUT2D eigenvalue weighted by atomic mass is 10.1. The van der Waals surface area contributed by atoms with Crippen LogP contribution in [0, 0.1) is 0 Å². The van der Waals surface area contributed by atoms with E-state index in [0.29, 0.717) is 33.4 Å². The molecule has 0 aliphatic rings. The molecule has 218 valence electrons. The van der Waals surface area contributed by atoms with Crippen molar-refractivity contribution in [3.05, 3.63) is 179 Å². The SMILES string of the molecule is O=C(NC(NC(=O)c1ccccc1)c1ccc(C(NC(=O)c2ccccc2)NC(=O)c2ccccc2)cc1)c1ccccc1. The Hall–Kier alpha value is -6.02. The molecule has 0 saturated carbocycles. The smallest absolute Gasteiger partial charge is 0.253 e. The number of amides is 4. The van der Waals surface area contributed by atoms with Crippen molar-refractivity contribution in [1.82, 2.24) is 21.3 Å². The van der Waals surface area contributed by atoms with Gasteiger partial charge in [0, 0.05) is 22.3 Å². The van der Waals surface area contributed by atoms with Crippen LogP contribution in [0.25, 0.3) is 0 Å². The number of rotatable bonds is 10. The van der Waals surface area contributed by atoms with E-state index in [1.165, 1.54) is 0 Å². The first-order valence-electron chi connectivity index (χ1n) is 14.0. The van der Waals surface area contributed by atoms with Gasteiger partial charge in [0.05, 0.1) is 0 Å². The molecule has 5 aromatic rings.